The van der Waals surface area contributed by atoms with Crippen LogP contribution in [0, 0.1) is 0 Å². The molecular weight excluding hydrogens is 669 g/mol. The van der Waals surface area contributed by atoms with Crippen LogP contribution < -0.4 is 0 Å². The fourth-order valence-corrected chi connectivity index (χ4v) is 9.35. The van der Waals surface area contributed by atoms with Crippen LogP contribution in [0.5, 0.6) is 0 Å². The van der Waals surface area contributed by atoms with E-state index in [0.717, 1.165) is 50.0 Å². The molecule has 3 nitrogen and oxygen atoms in total. The first-order valence-corrected chi connectivity index (χ1v) is 19.2. The highest BCUT2D eigenvalue weighted by molar-refractivity contribution is 6.10. The number of nitrogens with zero attached hydrogens (tertiary/aromatic N) is 2. The number of hydrogen-bond acceptors (Lipinski definition) is 3. The van der Waals surface area contributed by atoms with Gasteiger partial charge in [-0.3, -0.25) is 0 Å². The second kappa shape index (κ2) is 11.5. The van der Waals surface area contributed by atoms with E-state index in [9.17, 15) is 0 Å². The molecule has 0 fully saturated rings. The third kappa shape index (κ3) is 4.69. The maximum atomic E-state index is 6.69. The Morgan fingerprint density at radius 3 is 1.73 bits per heavy atom. The second-order valence-corrected chi connectivity index (χ2v) is 16.2. The first-order valence-electron chi connectivity index (χ1n) is 19.2. The van der Waals surface area contributed by atoms with Gasteiger partial charge in [0, 0.05) is 38.3 Å². The van der Waals surface area contributed by atoms with Crippen molar-refractivity contribution in [3.05, 3.63) is 180 Å². The molecule has 9 aromatic rings. The number of fused-ring (bicyclic) bond motifs is 9. The van der Waals surface area contributed by atoms with E-state index in [4.69, 9.17) is 14.4 Å². The Morgan fingerprint density at radius 2 is 0.964 bits per heavy atom. The van der Waals surface area contributed by atoms with Crippen molar-refractivity contribution >= 4 is 21.9 Å². The molecule has 3 heteroatoms. The summed E-state index contributed by atoms with van der Waals surface area (Å²) in [4.78, 5) is 10.1. The van der Waals surface area contributed by atoms with E-state index >= 15 is 0 Å². The molecule has 0 saturated heterocycles. The smallest absolute Gasteiger partial charge is 0.160 e. The van der Waals surface area contributed by atoms with Crippen LogP contribution in [0.3, 0.4) is 0 Å². The lowest BCUT2D eigenvalue weighted by Gasteiger charge is -2.24. The molecule has 11 rings (SSSR count). The highest BCUT2D eigenvalue weighted by atomic mass is 16.3. The highest BCUT2D eigenvalue weighted by Crippen LogP contribution is 2.56. The van der Waals surface area contributed by atoms with E-state index in [1.54, 1.807) is 0 Å². The van der Waals surface area contributed by atoms with Gasteiger partial charge in [0.1, 0.15) is 11.2 Å². The molecule has 2 aliphatic carbocycles. The fourth-order valence-electron chi connectivity index (χ4n) is 9.35. The average Bonchev–Trinajstić information content (AvgIpc) is 3.79. The maximum Gasteiger partial charge on any atom is 0.160 e. The summed E-state index contributed by atoms with van der Waals surface area (Å²) in [5, 5.41) is 2.16. The zero-order valence-electron chi connectivity index (χ0n) is 31.3. The number of hydrogen-bond donors (Lipinski definition) is 0. The van der Waals surface area contributed by atoms with Crippen LogP contribution in [0.1, 0.15) is 49.9 Å². The van der Waals surface area contributed by atoms with Crippen molar-refractivity contribution in [3.63, 3.8) is 0 Å². The van der Waals surface area contributed by atoms with Crippen molar-refractivity contribution in [2.75, 3.05) is 0 Å². The van der Waals surface area contributed by atoms with Gasteiger partial charge in [0.05, 0.1) is 11.4 Å². The van der Waals surface area contributed by atoms with Gasteiger partial charge in [-0.25, -0.2) is 9.97 Å². The third-order valence-electron chi connectivity index (χ3n) is 12.3. The molecule has 262 valence electrons. The molecule has 55 heavy (non-hydrogen) atoms. The van der Waals surface area contributed by atoms with E-state index in [2.05, 4.69) is 149 Å². The largest absolute Gasteiger partial charge is 0.455 e. The molecule has 2 aromatic heterocycles. The monoisotopic (exact) mass is 706 g/mol. The third-order valence-corrected chi connectivity index (χ3v) is 12.3. The Labute approximate surface area is 321 Å². The van der Waals surface area contributed by atoms with E-state index < -0.39 is 0 Å². The van der Waals surface area contributed by atoms with Crippen molar-refractivity contribution in [3.8, 4) is 67.3 Å². The molecule has 7 aromatic carbocycles. The number of benzene rings is 7. The van der Waals surface area contributed by atoms with Gasteiger partial charge in [0.25, 0.3) is 0 Å². The van der Waals surface area contributed by atoms with Crippen LogP contribution in [0.15, 0.2) is 162 Å². The number of furan rings is 1. The van der Waals surface area contributed by atoms with Crippen molar-refractivity contribution in [1.82, 2.24) is 9.97 Å². The van der Waals surface area contributed by atoms with Crippen LogP contribution in [0.4, 0.5) is 0 Å². The molecule has 2 aliphatic rings. The molecule has 0 N–H and O–H groups in total. The zero-order chi connectivity index (χ0) is 37.1. The van der Waals surface area contributed by atoms with Crippen LogP contribution >= 0.6 is 0 Å². The Morgan fingerprint density at radius 1 is 0.382 bits per heavy atom. The minimum absolute atomic E-state index is 0.0295. The predicted octanol–water partition coefficient (Wildman–Crippen LogP) is 13.7. The number of rotatable bonds is 4. The van der Waals surface area contributed by atoms with Crippen molar-refractivity contribution in [2.45, 2.75) is 38.5 Å². The standard InChI is InChI=1S/C52H38N2O/c1-51(2)42-21-12-11-18-35(42)39-28-45-40(29-44(39)51)36-24-22-34(27-43(36)52(45,3)4)33-23-25-48-41(26-33)37-19-13-20-38(49(37)55-48)47-30-46(31-14-7-5-8-15-31)53-50(54-47)32-16-9-6-10-17-32/h5-30H,1-4H3. The van der Waals surface area contributed by atoms with Gasteiger partial charge in [-0.05, 0) is 98.1 Å². The lowest BCUT2D eigenvalue weighted by molar-refractivity contribution is 0.652. The summed E-state index contributed by atoms with van der Waals surface area (Å²) in [5.41, 5.74) is 19.7. The Balaban J connectivity index is 1.01. The molecule has 0 bridgehead atoms. The van der Waals surface area contributed by atoms with Crippen LogP contribution in [0.2, 0.25) is 0 Å². The Kier molecular flexibility index (Phi) is 6.65. The minimum Gasteiger partial charge on any atom is -0.455 e. The summed E-state index contributed by atoms with van der Waals surface area (Å²) in [6, 6.07) is 56.5. The van der Waals surface area contributed by atoms with E-state index in [0.29, 0.717) is 5.82 Å². The van der Waals surface area contributed by atoms with Crippen LogP contribution in [-0.2, 0) is 10.8 Å². The van der Waals surface area contributed by atoms with Crippen molar-refractivity contribution in [2.24, 2.45) is 0 Å². The van der Waals surface area contributed by atoms with Gasteiger partial charge < -0.3 is 4.42 Å². The van der Waals surface area contributed by atoms with Gasteiger partial charge in [-0.15, -0.1) is 0 Å². The summed E-state index contributed by atoms with van der Waals surface area (Å²) in [5.74, 6) is 0.687. The van der Waals surface area contributed by atoms with Gasteiger partial charge in [-0.1, -0.05) is 143 Å². The topological polar surface area (TPSA) is 38.9 Å². The summed E-state index contributed by atoms with van der Waals surface area (Å²) in [6.07, 6.45) is 0. The first kappa shape index (κ1) is 31.9. The minimum atomic E-state index is -0.131. The van der Waals surface area contributed by atoms with Crippen LogP contribution in [0.25, 0.3) is 89.2 Å². The van der Waals surface area contributed by atoms with Crippen LogP contribution in [-0.4, -0.2) is 9.97 Å². The molecular formula is C52H38N2O. The van der Waals surface area contributed by atoms with E-state index in [-0.39, 0.29) is 10.8 Å². The zero-order valence-corrected chi connectivity index (χ0v) is 31.3. The molecule has 0 unspecified atom stereocenters. The lowest BCUT2D eigenvalue weighted by atomic mass is 9.79. The lowest BCUT2D eigenvalue weighted by Crippen LogP contribution is -2.17. The molecule has 0 atom stereocenters. The Bertz CT molecular complexity index is 2970. The van der Waals surface area contributed by atoms with Crippen molar-refractivity contribution in [1.29, 1.82) is 0 Å². The summed E-state index contributed by atoms with van der Waals surface area (Å²) in [7, 11) is 0. The van der Waals surface area contributed by atoms with Gasteiger partial charge >= 0.3 is 0 Å². The highest BCUT2D eigenvalue weighted by Gasteiger charge is 2.41. The second-order valence-electron chi connectivity index (χ2n) is 16.2. The molecule has 0 aliphatic heterocycles. The molecule has 0 spiro atoms. The molecule has 0 amide bonds. The normalized spacial score (nSPS) is 14.5. The molecule has 2 heterocycles. The van der Waals surface area contributed by atoms with Gasteiger partial charge in [0.15, 0.2) is 5.82 Å². The van der Waals surface area contributed by atoms with Gasteiger partial charge in [-0.2, -0.15) is 0 Å². The SMILES string of the molecule is CC1(C)c2ccccc2-c2cc3c(cc21)-c1ccc(-c2ccc4oc5c(-c6cc(-c7ccccc7)nc(-c7ccccc7)n6)cccc5c4c2)cc1C3(C)C. The molecule has 0 radical (unpaired) electrons. The van der Waals surface area contributed by atoms with Gasteiger partial charge in [0.2, 0.25) is 0 Å². The van der Waals surface area contributed by atoms with E-state index in [1.807, 2.05) is 36.4 Å². The van der Waals surface area contributed by atoms with Crippen molar-refractivity contribution < 1.29 is 4.42 Å². The summed E-state index contributed by atoms with van der Waals surface area (Å²) >= 11 is 0. The quantitative estimate of drug-likeness (QED) is 0.183. The maximum absolute atomic E-state index is 6.69. The number of aromatic nitrogens is 2. The summed E-state index contributed by atoms with van der Waals surface area (Å²) < 4.78 is 6.69. The first-order chi connectivity index (χ1) is 26.8. The average molecular weight is 707 g/mol. The number of para-hydroxylation sites is 1. The summed E-state index contributed by atoms with van der Waals surface area (Å²) in [6.45, 7) is 9.50. The molecule has 0 saturated carbocycles. The fraction of sp³-hybridized carbons (Fsp3) is 0.115. The van der Waals surface area contributed by atoms with E-state index in [1.165, 1.54) is 55.6 Å². The predicted molar refractivity (Wildman–Crippen MR) is 226 cm³/mol. The Hall–Kier alpha value is -6.58.